The lowest BCUT2D eigenvalue weighted by Crippen LogP contribution is -2.65. The molecule has 0 saturated carbocycles. The van der Waals surface area contributed by atoms with Crippen molar-refractivity contribution in [2.24, 2.45) is 5.73 Å². The molecule has 2 fully saturated rings. The minimum Gasteiger partial charge on any atom is -0.507 e. The number of phenols is 3. The van der Waals surface area contributed by atoms with Crippen LogP contribution < -0.4 is 21.1 Å². The Balaban J connectivity index is 1.36. The molecule has 3 aromatic carbocycles. The predicted molar refractivity (Wildman–Crippen MR) is 218 cm³/mol. The van der Waals surface area contributed by atoms with E-state index in [2.05, 4.69) is 10.6 Å². The molecule has 7 rings (SSSR count). The molecule has 2 heterocycles. The first kappa shape index (κ1) is 46.7. The number of aliphatic hydroxyl groups is 5. The molecule has 64 heavy (non-hydrogen) atoms. The van der Waals surface area contributed by atoms with Crippen molar-refractivity contribution in [3.05, 3.63) is 68.8 Å². The van der Waals surface area contributed by atoms with Gasteiger partial charge in [0, 0.05) is 28.3 Å². The van der Waals surface area contributed by atoms with E-state index in [1.54, 1.807) is 6.92 Å². The number of carboxylic acid groups (broad SMARTS) is 1. The number of phenolic OH excluding ortho intramolecular Hbond substituents is 3. The third-order valence-electron chi connectivity index (χ3n) is 12.3. The van der Waals surface area contributed by atoms with Crippen molar-refractivity contribution >= 4 is 23.4 Å². The molecular weight excluding hydrogens is 846 g/mol. The van der Waals surface area contributed by atoms with Gasteiger partial charge in [-0.25, -0.2) is 4.79 Å². The van der Waals surface area contributed by atoms with E-state index >= 15 is 0 Å². The van der Waals surface area contributed by atoms with Crippen LogP contribution >= 0.6 is 0 Å². The molecule has 2 aliphatic carbocycles. The smallest absolute Gasteiger partial charge is 0.326 e. The number of aliphatic hydroxyl groups excluding tert-OH is 5. The predicted octanol–water partition coefficient (Wildman–Crippen LogP) is -0.503. The number of carbonyl (C=O) groups is 4. The number of carbonyl (C=O) groups excluding carboxylic acids is 3. The lowest BCUT2D eigenvalue weighted by atomic mass is 9.74. The number of likely N-dealkylation sites (N-methyl/N-ethyl adjacent to an activating group) is 1. The van der Waals surface area contributed by atoms with Crippen molar-refractivity contribution in [3.8, 4) is 34.1 Å². The molecule has 2 saturated heterocycles. The summed E-state index contributed by atoms with van der Waals surface area (Å²) in [6.07, 6.45) is -14.8. The number of fused-ring (bicyclic) bond motifs is 5. The number of aliphatic carboxylic acids is 1. The molecule has 13 N–H and O–H groups in total. The van der Waals surface area contributed by atoms with Crippen LogP contribution in [0.2, 0.25) is 0 Å². The van der Waals surface area contributed by atoms with Crippen LogP contribution in [-0.4, -0.2) is 158 Å². The number of aromatic hydroxyl groups is 3. The van der Waals surface area contributed by atoms with Gasteiger partial charge in [0.1, 0.15) is 71.8 Å². The second-order valence-corrected chi connectivity index (χ2v) is 16.2. The summed E-state index contributed by atoms with van der Waals surface area (Å²) in [5.74, 6) is -6.61. The van der Waals surface area contributed by atoms with Crippen molar-refractivity contribution in [3.63, 3.8) is 0 Å². The molecule has 21 nitrogen and oxygen atoms in total. The van der Waals surface area contributed by atoms with Gasteiger partial charge in [-0.2, -0.15) is 0 Å². The maximum absolute atomic E-state index is 14.2. The van der Waals surface area contributed by atoms with E-state index in [0.717, 1.165) is 12.1 Å². The van der Waals surface area contributed by atoms with Crippen molar-refractivity contribution in [1.29, 1.82) is 0 Å². The molecule has 3 aromatic rings. The minimum absolute atomic E-state index is 0.00549. The summed E-state index contributed by atoms with van der Waals surface area (Å²) >= 11 is 0. The molecular formula is C43H51N3O18. The number of nitrogens with two attached hydrogens (primary N) is 1. The Morgan fingerprint density at radius 3 is 2.19 bits per heavy atom. The topological polar surface area (TPSA) is 347 Å². The zero-order valence-electron chi connectivity index (χ0n) is 35.0. The van der Waals surface area contributed by atoms with Gasteiger partial charge < -0.3 is 86.0 Å². The van der Waals surface area contributed by atoms with Crippen LogP contribution in [-0.2, 0) is 23.7 Å². The molecule has 2 aliphatic heterocycles. The highest BCUT2D eigenvalue weighted by molar-refractivity contribution is 6.31. The summed E-state index contributed by atoms with van der Waals surface area (Å²) in [6.45, 7) is 2.86. The number of rotatable bonds is 13. The first-order chi connectivity index (χ1) is 30.4. The molecule has 0 radical (unpaired) electrons. The van der Waals surface area contributed by atoms with Gasteiger partial charge in [-0.3, -0.25) is 14.4 Å². The quantitative estimate of drug-likeness (QED) is 0.0752. The van der Waals surface area contributed by atoms with Crippen LogP contribution in [0.1, 0.15) is 97.3 Å². The first-order valence-corrected chi connectivity index (χ1v) is 20.5. The number of carboxylic acids is 1. The summed E-state index contributed by atoms with van der Waals surface area (Å²) in [4.78, 5) is 54.5. The van der Waals surface area contributed by atoms with Gasteiger partial charge >= 0.3 is 5.97 Å². The summed E-state index contributed by atoms with van der Waals surface area (Å²) < 4.78 is 29.1. The first-order valence-electron chi connectivity index (χ1n) is 20.5. The van der Waals surface area contributed by atoms with Gasteiger partial charge in [-0.05, 0) is 75.5 Å². The number of benzene rings is 3. The number of hydrogen-bond acceptors (Lipinski definition) is 19. The third kappa shape index (κ3) is 7.96. The fraction of sp³-hybridized carbons (Fsp3) is 0.488. The van der Waals surface area contributed by atoms with Gasteiger partial charge in [-0.1, -0.05) is 6.07 Å². The van der Waals surface area contributed by atoms with Crippen LogP contribution in [0.25, 0.3) is 11.1 Å². The Morgan fingerprint density at radius 2 is 1.53 bits per heavy atom. The molecule has 346 valence electrons. The summed E-state index contributed by atoms with van der Waals surface area (Å²) in [5, 5.41) is 106. The Bertz CT molecular complexity index is 2360. The monoisotopic (exact) mass is 897 g/mol. The highest BCUT2D eigenvalue weighted by atomic mass is 16.7. The largest absolute Gasteiger partial charge is 0.507 e. The summed E-state index contributed by atoms with van der Waals surface area (Å²) in [7, 11) is 2.80. The van der Waals surface area contributed by atoms with Gasteiger partial charge in [0.05, 0.1) is 42.6 Å². The van der Waals surface area contributed by atoms with E-state index in [9.17, 15) is 65.1 Å². The van der Waals surface area contributed by atoms with Gasteiger partial charge in [0.15, 0.2) is 24.1 Å². The Labute approximate surface area is 364 Å². The van der Waals surface area contributed by atoms with Crippen molar-refractivity contribution in [1.82, 2.24) is 10.6 Å². The summed E-state index contributed by atoms with van der Waals surface area (Å²) in [5.41, 5.74) is 2.19. The maximum Gasteiger partial charge on any atom is 0.326 e. The van der Waals surface area contributed by atoms with Crippen molar-refractivity contribution < 1.29 is 88.8 Å². The fourth-order valence-electron chi connectivity index (χ4n) is 8.95. The van der Waals surface area contributed by atoms with E-state index in [-0.39, 0.29) is 46.5 Å². The number of ketones is 2. The summed E-state index contributed by atoms with van der Waals surface area (Å²) in [6, 6.07) is 2.47. The molecule has 21 heteroatoms. The number of unbranched alkanes of at least 4 members (excludes halogenated alkanes) is 1. The number of aryl methyl sites for hydroxylation is 1. The highest BCUT2D eigenvalue weighted by Gasteiger charge is 2.51. The lowest BCUT2D eigenvalue weighted by Gasteiger charge is -2.47. The number of ether oxygens (including phenoxy) is 5. The molecule has 1 amide bonds. The number of methoxy groups -OCH3 is 1. The van der Waals surface area contributed by atoms with Crippen LogP contribution in [0, 0.1) is 6.92 Å². The van der Waals surface area contributed by atoms with E-state index in [1.807, 2.05) is 0 Å². The lowest BCUT2D eigenvalue weighted by molar-refractivity contribution is -0.339. The number of hydrogen-bond donors (Lipinski definition) is 12. The molecule has 0 bridgehead atoms. The molecule has 0 aromatic heterocycles. The van der Waals surface area contributed by atoms with Crippen molar-refractivity contribution in [2.45, 2.75) is 107 Å². The molecule has 0 unspecified atom stereocenters. The van der Waals surface area contributed by atoms with Crippen LogP contribution in [0.15, 0.2) is 24.3 Å². The average molecular weight is 898 g/mol. The zero-order valence-corrected chi connectivity index (χ0v) is 35.0. The molecule has 4 aliphatic rings. The van der Waals surface area contributed by atoms with Crippen molar-refractivity contribution in [2.75, 3.05) is 27.3 Å². The van der Waals surface area contributed by atoms with Crippen LogP contribution in [0.4, 0.5) is 0 Å². The average Bonchev–Trinajstić information content (AvgIpc) is 3.25. The number of nitrogens with one attached hydrogen (secondary N) is 2. The number of amides is 1. The van der Waals surface area contributed by atoms with Gasteiger partial charge in [0.2, 0.25) is 0 Å². The third-order valence-corrected chi connectivity index (χ3v) is 12.3. The second kappa shape index (κ2) is 18.3. The zero-order chi connectivity index (χ0) is 46.6. The Hall–Kier alpha value is -5.30. The maximum atomic E-state index is 14.2. The van der Waals surface area contributed by atoms with Gasteiger partial charge in [-0.15, -0.1) is 0 Å². The fourth-order valence-corrected chi connectivity index (χ4v) is 8.95. The van der Waals surface area contributed by atoms with Crippen LogP contribution in [0.5, 0.6) is 23.0 Å². The van der Waals surface area contributed by atoms with Gasteiger partial charge in [0.25, 0.3) is 5.91 Å². The molecule has 12 atom stereocenters. The second-order valence-electron chi connectivity index (χ2n) is 16.2. The standard InChI is InChI=1S/C43H51N3O18/c1-14-9-20-27(34(53)24(14)40(57)46-21(41(58)59)7-5-6-8-44)26-18(12-19-28(35(26)54)31(50)17-10-16(60-4)11-22(47)25(17)30(19)49)32(51)38(20)63-43-37(56)39(29(45-3)15(2)62-43)64-42-36(55)33(52)23(48)13-61-42/h9-12,15,21,23,29,32-33,36-39,42-43,45,47-48,51-56H,5-8,13,44H2,1-4H3,(H,46,57)(H,58,59)/t15-,21-,23-,29+,32+,33+,36-,37-,38+,39+,42+,43+/m1/s1. The van der Waals surface area contributed by atoms with E-state index < -0.39 is 149 Å². The normalized spacial score (nSPS) is 28.9. The van der Waals surface area contributed by atoms with Crippen LogP contribution in [0.3, 0.4) is 0 Å². The SMILES string of the molecule is CN[C@@H]1[C@H](O[C@@H]2OC[C@@H](O)[C@H](O)[C@H]2O)[C@@H](O)[C@H](O[C@H]2c3cc(C)c(C(=O)N[C@H](CCCCN)C(=O)O)c(O)c3-c3c(cc4c(c3O)C(=O)c3cc(OC)cc(O)c3C4=O)[C@@H]2O)O[C@@H]1C. The van der Waals surface area contributed by atoms with E-state index in [1.165, 1.54) is 33.2 Å². The Kier molecular flexibility index (Phi) is 13.3. The van der Waals surface area contributed by atoms with E-state index in [4.69, 9.17) is 29.4 Å². The Morgan fingerprint density at radius 1 is 0.859 bits per heavy atom. The minimum atomic E-state index is -1.91. The highest BCUT2D eigenvalue weighted by Crippen LogP contribution is 2.57. The van der Waals surface area contributed by atoms with E-state index in [0.29, 0.717) is 12.8 Å². The molecule has 0 spiro atoms.